The number of nitrogens with one attached hydrogen (secondary N) is 1. The van der Waals surface area contributed by atoms with Gasteiger partial charge in [0, 0.05) is 18.1 Å². The molecule has 5 heteroatoms. The summed E-state index contributed by atoms with van der Waals surface area (Å²) in [6.07, 6.45) is 2.22. The Kier molecular flexibility index (Phi) is 5.26. The maximum Gasteiger partial charge on any atom is 0.257 e. The van der Waals surface area contributed by atoms with Crippen LogP contribution in [0.5, 0.6) is 5.75 Å². The van der Waals surface area contributed by atoms with Crippen LogP contribution in [0.25, 0.3) is 0 Å². The van der Waals surface area contributed by atoms with Gasteiger partial charge in [0.25, 0.3) is 5.91 Å². The summed E-state index contributed by atoms with van der Waals surface area (Å²) in [7, 11) is 3.51. The molecule has 4 nitrogen and oxygen atoms in total. The first kappa shape index (κ1) is 15.1. The van der Waals surface area contributed by atoms with Crippen LogP contribution in [0, 0.1) is 5.92 Å². The number of amides is 1. The van der Waals surface area contributed by atoms with Gasteiger partial charge in [0.1, 0.15) is 5.75 Å². The van der Waals surface area contributed by atoms with Gasteiger partial charge in [-0.25, -0.2) is 0 Å². The van der Waals surface area contributed by atoms with Crippen LogP contribution >= 0.6 is 11.6 Å². The van der Waals surface area contributed by atoms with E-state index in [4.69, 9.17) is 16.3 Å². The lowest BCUT2D eigenvalue weighted by Gasteiger charge is -2.33. The van der Waals surface area contributed by atoms with E-state index in [9.17, 15) is 4.79 Å². The van der Waals surface area contributed by atoms with Crippen molar-refractivity contribution in [2.75, 3.05) is 33.8 Å². The molecule has 0 radical (unpaired) electrons. The predicted octanol–water partition coefficient (Wildman–Crippen LogP) is 2.42. The Hall–Kier alpha value is -1.26. The minimum atomic E-state index is 0.0271. The molecule has 0 aliphatic carbocycles. The van der Waals surface area contributed by atoms with Crippen molar-refractivity contribution in [2.45, 2.75) is 12.8 Å². The van der Waals surface area contributed by atoms with Crippen molar-refractivity contribution in [1.29, 1.82) is 0 Å². The fourth-order valence-electron chi connectivity index (χ4n) is 2.72. The molecule has 2 rings (SSSR count). The summed E-state index contributed by atoms with van der Waals surface area (Å²) in [6, 6.07) is 5.15. The molecule has 1 aromatic rings. The molecule has 0 saturated carbocycles. The number of halogens is 1. The Morgan fingerprint density at radius 2 is 2.35 bits per heavy atom. The Bertz CT molecular complexity index is 477. The average molecular weight is 297 g/mol. The molecule has 1 saturated heterocycles. The first-order valence-corrected chi connectivity index (χ1v) is 7.31. The molecular weight excluding hydrogens is 276 g/mol. The summed E-state index contributed by atoms with van der Waals surface area (Å²) in [5.74, 6) is 1.09. The van der Waals surface area contributed by atoms with Gasteiger partial charge in [-0.05, 0) is 50.6 Å². The van der Waals surface area contributed by atoms with Gasteiger partial charge in [0.05, 0.1) is 12.7 Å². The number of nitrogens with zero attached hydrogens (tertiary/aromatic N) is 1. The summed E-state index contributed by atoms with van der Waals surface area (Å²) >= 11 is 5.94. The zero-order chi connectivity index (χ0) is 14.5. The highest BCUT2D eigenvalue weighted by atomic mass is 35.5. The zero-order valence-corrected chi connectivity index (χ0v) is 12.7. The number of ether oxygens (including phenoxy) is 1. The lowest BCUT2D eigenvalue weighted by Crippen LogP contribution is -2.42. The Balaban J connectivity index is 2.14. The van der Waals surface area contributed by atoms with Crippen molar-refractivity contribution in [3.8, 4) is 5.75 Å². The Morgan fingerprint density at radius 3 is 3.05 bits per heavy atom. The second-order valence-corrected chi connectivity index (χ2v) is 5.60. The van der Waals surface area contributed by atoms with Crippen molar-refractivity contribution in [3.05, 3.63) is 28.8 Å². The van der Waals surface area contributed by atoms with E-state index < -0.39 is 0 Å². The molecule has 1 aliphatic rings. The number of methoxy groups -OCH3 is 1. The highest BCUT2D eigenvalue weighted by Crippen LogP contribution is 2.26. The fourth-order valence-corrected chi connectivity index (χ4v) is 2.88. The molecule has 1 atom stereocenters. The molecule has 1 amide bonds. The molecule has 1 aliphatic heterocycles. The number of hydrogen-bond donors (Lipinski definition) is 1. The normalized spacial score (nSPS) is 18.9. The molecular formula is C15H21ClN2O2. The van der Waals surface area contributed by atoms with Gasteiger partial charge in [0.15, 0.2) is 0 Å². The van der Waals surface area contributed by atoms with Gasteiger partial charge in [0.2, 0.25) is 0 Å². The monoisotopic (exact) mass is 296 g/mol. The van der Waals surface area contributed by atoms with Crippen molar-refractivity contribution in [3.63, 3.8) is 0 Å². The van der Waals surface area contributed by atoms with E-state index in [0.29, 0.717) is 22.3 Å². The molecule has 20 heavy (non-hydrogen) atoms. The van der Waals surface area contributed by atoms with Gasteiger partial charge in [-0.3, -0.25) is 4.79 Å². The third-order valence-corrected chi connectivity index (χ3v) is 3.93. The van der Waals surface area contributed by atoms with Crippen LogP contribution in [0.1, 0.15) is 23.2 Å². The second-order valence-electron chi connectivity index (χ2n) is 5.16. The summed E-state index contributed by atoms with van der Waals surface area (Å²) < 4.78 is 5.27. The Labute approximate surface area is 125 Å². The van der Waals surface area contributed by atoms with Crippen LogP contribution in [-0.2, 0) is 0 Å². The van der Waals surface area contributed by atoms with E-state index in [1.165, 1.54) is 6.42 Å². The lowest BCUT2D eigenvalue weighted by atomic mass is 9.97. The zero-order valence-electron chi connectivity index (χ0n) is 12.0. The molecule has 1 N–H and O–H groups in total. The molecule has 1 heterocycles. The topological polar surface area (TPSA) is 41.6 Å². The summed E-state index contributed by atoms with van der Waals surface area (Å²) in [5.41, 5.74) is 0.585. The number of hydrogen-bond acceptors (Lipinski definition) is 3. The van der Waals surface area contributed by atoms with E-state index in [1.807, 2.05) is 11.9 Å². The fraction of sp³-hybridized carbons (Fsp3) is 0.533. The first-order chi connectivity index (χ1) is 9.65. The SMILES string of the molecule is CNCC1CCCN(C(=O)c2ccc(Cl)cc2OC)C1. The van der Waals surface area contributed by atoms with Gasteiger partial charge in [-0.2, -0.15) is 0 Å². The standard InChI is InChI=1S/C15H21ClN2O2/c1-17-9-11-4-3-7-18(10-11)15(19)13-6-5-12(16)8-14(13)20-2/h5-6,8,11,17H,3-4,7,9-10H2,1-2H3. The third kappa shape index (κ3) is 3.44. The van der Waals surface area contributed by atoms with Gasteiger partial charge in [-0.15, -0.1) is 0 Å². The van der Waals surface area contributed by atoms with Crippen LogP contribution in [0.4, 0.5) is 0 Å². The van der Waals surface area contributed by atoms with Crippen molar-refractivity contribution in [2.24, 2.45) is 5.92 Å². The average Bonchev–Trinajstić information content (AvgIpc) is 2.47. The third-order valence-electron chi connectivity index (χ3n) is 3.69. The predicted molar refractivity (Wildman–Crippen MR) is 80.6 cm³/mol. The van der Waals surface area contributed by atoms with Crippen LogP contribution in [0.3, 0.4) is 0 Å². The summed E-state index contributed by atoms with van der Waals surface area (Å²) in [6.45, 7) is 2.55. The van der Waals surface area contributed by atoms with E-state index in [-0.39, 0.29) is 5.91 Å². The smallest absolute Gasteiger partial charge is 0.257 e. The first-order valence-electron chi connectivity index (χ1n) is 6.93. The number of rotatable bonds is 4. The van der Waals surface area contributed by atoms with Crippen molar-refractivity contribution in [1.82, 2.24) is 10.2 Å². The minimum absolute atomic E-state index is 0.0271. The van der Waals surface area contributed by atoms with E-state index in [0.717, 1.165) is 26.1 Å². The van der Waals surface area contributed by atoms with Crippen molar-refractivity contribution < 1.29 is 9.53 Å². The highest BCUT2D eigenvalue weighted by Gasteiger charge is 2.25. The van der Waals surface area contributed by atoms with Gasteiger partial charge >= 0.3 is 0 Å². The van der Waals surface area contributed by atoms with E-state index >= 15 is 0 Å². The number of carbonyl (C=O) groups excluding carboxylic acids is 1. The number of benzene rings is 1. The molecule has 0 spiro atoms. The van der Waals surface area contributed by atoms with Gasteiger partial charge < -0.3 is 15.0 Å². The van der Waals surface area contributed by atoms with E-state index in [1.54, 1.807) is 25.3 Å². The second kappa shape index (κ2) is 6.95. The Morgan fingerprint density at radius 1 is 1.55 bits per heavy atom. The summed E-state index contributed by atoms with van der Waals surface area (Å²) in [4.78, 5) is 14.5. The maximum atomic E-state index is 12.6. The van der Waals surface area contributed by atoms with Crippen LogP contribution in [0.15, 0.2) is 18.2 Å². The van der Waals surface area contributed by atoms with Crippen LogP contribution in [0.2, 0.25) is 5.02 Å². The highest BCUT2D eigenvalue weighted by molar-refractivity contribution is 6.30. The lowest BCUT2D eigenvalue weighted by molar-refractivity contribution is 0.0671. The summed E-state index contributed by atoms with van der Waals surface area (Å²) in [5, 5.41) is 3.76. The van der Waals surface area contributed by atoms with Crippen molar-refractivity contribution >= 4 is 17.5 Å². The number of piperidine rings is 1. The largest absolute Gasteiger partial charge is 0.496 e. The van der Waals surface area contributed by atoms with Crippen LogP contribution in [-0.4, -0.2) is 44.6 Å². The molecule has 0 bridgehead atoms. The molecule has 1 unspecified atom stereocenters. The molecule has 110 valence electrons. The van der Waals surface area contributed by atoms with E-state index in [2.05, 4.69) is 5.32 Å². The molecule has 0 aromatic heterocycles. The molecule has 1 fully saturated rings. The number of carbonyl (C=O) groups is 1. The number of likely N-dealkylation sites (tertiary alicyclic amines) is 1. The molecule has 1 aromatic carbocycles. The van der Waals surface area contributed by atoms with Crippen LogP contribution < -0.4 is 10.1 Å². The van der Waals surface area contributed by atoms with Gasteiger partial charge in [-0.1, -0.05) is 11.6 Å². The quantitative estimate of drug-likeness (QED) is 0.928. The minimum Gasteiger partial charge on any atom is -0.496 e. The maximum absolute atomic E-state index is 12.6.